The summed E-state index contributed by atoms with van der Waals surface area (Å²) in [4.78, 5) is 25.3. The van der Waals surface area contributed by atoms with E-state index < -0.39 is 5.91 Å². The second-order valence-corrected chi connectivity index (χ2v) is 4.84. The second-order valence-electron chi connectivity index (χ2n) is 4.84. The maximum Gasteiger partial charge on any atom is 0.287 e. The summed E-state index contributed by atoms with van der Waals surface area (Å²) < 4.78 is 4.96. The molecule has 0 aliphatic rings. The van der Waals surface area contributed by atoms with E-state index in [1.807, 2.05) is 31.2 Å². The Morgan fingerprint density at radius 1 is 1.19 bits per heavy atom. The average Bonchev–Trinajstić information content (AvgIpc) is 3.01. The van der Waals surface area contributed by atoms with Gasteiger partial charge in [0.15, 0.2) is 5.76 Å². The summed E-state index contributed by atoms with van der Waals surface area (Å²) in [7, 11) is 1.72. The maximum atomic E-state index is 12.0. The molecule has 0 bridgehead atoms. The number of hydrogen-bond donors (Lipinski definition) is 1. The van der Waals surface area contributed by atoms with Crippen LogP contribution < -0.4 is 5.32 Å². The minimum atomic E-state index is -0.391. The Labute approximate surface area is 123 Å². The summed E-state index contributed by atoms with van der Waals surface area (Å²) in [6.45, 7) is 2.47. The minimum absolute atomic E-state index is 0.0537. The molecule has 0 atom stereocenters. The molecule has 0 radical (unpaired) electrons. The van der Waals surface area contributed by atoms with Gasteiger partial charge in [-0.1, -0.05) is 24.3 Å². The van der Waals surface area contributed by atoms with Gasteiger partial charge in [-0.05, 0) is 30.2 Å². The van der Waals surface area contributed by atoms with Crippen LogP contribution in [-0.2, 0) is 11.3 Å². The predicted molar refractivity (Wildman–Crippen MR) is 78.7 cm³/mol. The Balaban J connectivity index is 1.86. The molecule has 0 saturated carbocycles. The fraction of sp³-hybridized carbons (Fsp3) is 0.250. The van der Waals surface area contributed by atoms with Crippen LogP contribution >= 0.6 is 0 Å². The Morgan fingerprint density at radius 2 is 1.95 bits per heavy atom. The van der Waals surface area contributed by atoms with Gasteiger partial charge in [0.1, 0.15) is 0 Å². The van der Waals surface area contributed by atoms with Crippen molar-refractivity contribution in [1.82, 2.24) is 10.2 Å². The smallest absolute Gasteiger partial charge is 0.287 e. The molecular formula is C16H18N2O3. The monoisotopic (exact) mass is 286 g/mol. The zero-order chi connectivity index (χ0) is 15.2. The molecule has 110 valence electrons. The van der Waals surface area contributed by atoms with Crippen molar-refractivity contribution in [3.8, 4) is 0 Å². The lowest BCUT2D eigenvalue weighted by Crippen LogP contribution is -2.37. The van der Waals surface area contributed by atoms with Gasteiger partial charge in [0.05, 0.1) is 12.8 Å². The first kappa shape index (κ1) is 14.8. The van der Waals surface area contributed by atoms with E-state index in [2.05, 4.69) is 5.32 Å². The lowest BCUT2D eigenvalue weighted by molar-refractivity contribution is -0.129. The third kappa shape index (κ3) is 3.95. The summed E-state index contributed by atoms with van der Waals surface area (Å²) in [6, 6.07) is 11.1. The van der Waals surface area contributed by atoms with Crippen LogP contribution in [0, 0.1) is 6.92 Å². The molecule has 0 saturated heterocycles. The number of hydrogen-bond acceptors (Lipinski definition) is 3. The summed E-state index contributed by atoms with van der Waals surface area (Å²) in [5.74, 6) is -0.347. The quantitative estimate of drug-likeness (QED) is 0.914. The minimum Gasteiger partial charge on any atom is -0.459 e. The van der Waals surface area contributed by atoms with Gasteiger partial charge in [-0.15, -0.1) is 0 Å². The second kappa shape index (κ2) is 6.74. The molecule has 5 heteroatoms. The Kier molecular flexibility index (Phi) is 4.77. The van der Waals surface area contributed by atoms with E-state index >= 15 is 0 Å². The van der Waals surface area contributed by atoms with E-state index in [0.717, 1.165) is 11.1 Å². The van der Waals surface area contributed by atoms with E-state index in [1.165, 1.54) is 6.26 Å². The Hall–Kier alpha value is -2.56. The number of likely N-dealkylation sites (N-methyl/N-ethyl adjacent to an activating group) is 1. The highest BCUT2D eigenvalue weighted by atomic mass is 16.3. The lowest BCUT2D eigenvalue weighted by Gasteiger charge is -2.18. The first-order valence-corrected chi connectivity index (χ1v) is 6.68. The molecule has 0 spiro atoms. The highest BCUT2D eigenvalue weighted by Gasteiger charge is 2.13. The zero-order valence-corrected chi connectivity index (χ0v) is 12.1. The number of rotatable bonds is 5. The van der Waals surface area contributed by atoms with E-state index in [0.29, 0.717) is 6.54 Å². The van der Waals surface area contributed by atoms with Crippen molar-refractivity contribution >= 4 is 11.8 Å². The maximum absolute atomic E-state index is 12.0. The van der Waals surface area contributed by atoms with Gasteiger partial charge in [0, 0.05) is 13.6 Å². The van der Waals surface area contributed by atoms with Crippen molar-refractivity contribution in [3.63, 3.8) is 0 Å². The van der Waals surface area contributed by atoms with Crippen LogP contribution in [0.1, 0.15) is 21.7 Å². The SMILES string of the molecule is Cc1ccccc1CN(C)C(=O)CNC(=O)c1ccco1. The zero-order valence-electron chi connectivity index (χ0n) is 12.1. The van der Waals surface area contributed by atoms with Gasteiger partial charge in [0.2, 0.25) is 5.91 Å². The van der Waals surface area contributed by atoms with Crippen LogP contribution in [0.25, 0.3) is 0 Å². The number of nitrogens with one attached hydrogen (secondary N) is 1. The van der Waals surface area contributed by atoms with Crippen molar-refractivity contribution in [2.24, 2.45) is 0 Å². The summed E-state index contributed by atoms with van der Waals surface area (Å²) in [5, 5.41) is 2.54. The molecule has 0 fully saturated rings. The Morgan fingerprint density at radius 3 is 2.62 bits per heavy atom. The van der Waals surface area contributed by atoms with Gasteiger partial charge in [-0.25, -0.2) is 0 Å². The molecule has 2 rings (SSSR count). The molecule has 2 aromatic rings. The van der Waals surface area contributed by atoms with Crippen molar-refractivity contribution < 1.29 is 14.0 Å². The van der Waals surface area contributed by atoms with Crippen molar-refractivity contribution in [2.45, 2.75) is 13.5 Å². The van der Waals surface area contributed by atoms with Crippen LogP contribution in [0.2, 0.25) is 0 Å². The number of carbonyl (C=O) groups is 2. The van der Waals surface area contributed by atoms with Gasteiger partial charge < -0.3 is 14.6 Å². The van der Waals surface area contributed by atoms with Crippen LogP contribution in [-0.4, -0.2) is 30.3 Å². The largest absolute Gasteiger partial charge is 0.459 e. The first-order valence-electron chi connectivity index (χ1n) is 6.68. The molecule has 0 aliphatic carbocycles. The Bertz CT molecular complexity index is 620. The topological polar surface area (TPSA) is 62.6 Å². The number of benzene rings is 1. The predicted octanol–water partition coefficient (Wildman–Crippen LogP) is 1.98. The summed E-state index contributed by atoms with van der Waals surface area (Å²) in [6.07, 6.45) is 1.42. The average molecular weight is 286 g/mol. The van der Waals surface area contributed by atoms with Crippen LogP contribution in [0.4, 0.5) is 0 Å². The normalized spacial score (nSPS) is 10.2. The molecule has 1 N–H and O–H groups in total. The van der Waals surface area contributed by atoms with Crippen molar-refractivity contribution in [2.75, 3.05) is 13.6 Å². The summed E-state index contributed by atoms with van der Waals surface area (Å²) >= 11 is 0. The molecule has 0 aliphatic heterocycles. The van der Waals surface area contributed by atoms with E-state index in [9.17, 15) is 9.59 Å². The van der Waals surface area contributed by atoms with Crippen LogP contribution in [0.3, 0.4) is 0 Å². The highest BCUT2D eigenvalue weighted by molar-refractivity contribution is 5.94. The fourth-order valence-corrected chi connectivity index (χ4v) is 1.92. The third-order valence-corrected chi connectivity index (χ3v) is 3.24. The number of furan rings is 1. The van der Waals surface area contributed by atoms with E-state index in [-0.39, 0.29) is 18.2 Å². The molecule has 5 nitrogen and oxygen atoms in total. The fourth-order valence-electron chi connectivity index (χ4n) is 1.92. The van der Waals surface area contributed by atoms with Crippen LogP contribution in [0.5, 0.6) is 0 Å². The summed E-state index contributed by atoms with van der Waals surface area (Å²) in [5.41, 5.74) is 2.22. The number of carbonyl (C=O) groups excluding carboxylic acids is 2. The van der Waals surface area contributed by atoms with Crippen LogP contribution in [0.15, 0.2) is 47.1 Å². The molecule has 1 heterocycles. The number of aryl methyl sites for hydroxylation is 1. The van der Waals surface area contributed by atoms with Gasteiger partial charge in [-0.3, -0.25) is 9.59 Å². The number of nitrogens with zero attached hydrogens (tertiary/aromatic N) is 1. The molecule has 1 aromatic heterocycles. The molecule has 21 heavy (non-hydrogen) atoms. The van der Waals surface area contributed by atoms with Crippen molar-refractivity contribution in [1.29, 1.82) is 0 Å². The van der Waals surface area contributed by atoms with E-state index in [4.69, 9.17) is 4.42 Å². The molecule has 1 aromatic carbocycles. The lowest BCUT2D eigenvalue weighted by atomic mass is 10.1. The number of amides is 2. The third-order valence-electron chi connectivity index (χ3n) is 3.24. The van der Waals surface area contributed by atoms with Crippen molar-refractivity contribution in [3.05, 3.63) is 59.5 Å². The molecule has 2 amide bonds. The highest BCUT2D eigenvalue weighted by Crippen LogP contribution is 2.09. The van der Waals surface area contributed by atoms with Gasteiger partial charge in [-0.2, -0.15) is 0 Å². The first-order chi connectivity index (χ1) is 10.1. The van der Waals surface area contributed by atoms with E-state index in [1.54, 1.807) is 24.1 Å². The molecule has 0 unspecified atom stereocenters. The standard InChI is InChI=1S/C16H18N2O3/c1-12-6-3-4-7-13(12)11-18(2)15(19)10-17-16(20)14-8-5-9-21-14/h3-9H,10-11H2,1-2H3,(H,17,20). The molecular weight excluding hydrogens is 268 g/mol. The van der Waals surface area contributed by atoms with Gasteiger partial charge in [0.25, 0.3) is 5.91 Å². The van der Waals surface area contributed by atoms with Gasteiger partial charge >= 0.3 is 0 Å².